The van der Waals surface area contributed by atoms with E-state index in [-0.39, 0.29) is 9.92 Å². The van der Waals surface area contributed by atoms with Crippen molar-refractivity contribution in [3.8, 4) is 0 Å². The van der Waals surface area contributed by atoms with Crippen molar-refractivity contribution in [2.24, 2.45) is 5.92 Å². The van der Waals surface area contributed by atoms with E-state index in [9.17, 15) is 8.42 Å². The molecule has 1 aromatic rings. The predicted octanol–water partition coefficient (Wildman–Crippen LogP) is 3.52. The zero-order valence-electron chi connectivity index (χ0n) is 10.1. The van der Waals surface area contributed by atoms with E-state index in [1.807, 2.05) is 0 Å². The van der Waals surface area contributed by atoms with Gasteiger partial charge in [0.2, 0.25) is 10.0 Å². The first-order valence-electron chi connectivity index (χ1n) is 5.86. The average Bonchev–Trinajstić information content (AvgIpc) is 2.28. The van der Waals surface area contributed by atoms with Crippen LogP contribution in [-0.4, -0.2) is 25.8 Å². The van der Waals surface area contributed by atoms with Crippen LogP contribution in [0.3, 0.4) is 0 Å². The van der Waals surface area contributed by atoms with E-state index in [0.29, 0.717) is 19.0 Å². The van der Waals surface area contributed by atoms with E-state index in [1.165, 1.54) is 4.31 Å². The predicted molar refractivity (Wildman–Crippen MR) is 76.3 cm³/mol. The fraction of sp³-hybridized carbons (Fsp3) is 0.500. The molecule has 1 aliphatic rings. The van der Waals surface area contributed by atoms with E-state index in [4.69, 9.17) is 11.6 Å². The molecule has 100 valence electrons. The molecule has 0 aliphatic carbocycles. The summed E-state index contributed by atoms with van der Waals surface area (Å²) in [5.74, 6) is 0.405. The summed E-state index contributed by atoms with van der Waals surface area (Å²) < 4.78 is 27.3. The summed E-state index contributed by atoms with van der Waals surface area (Å²) >= 11 is 9.31. The van der Waals surface area contributed by atoms with Crippen molar-refractivity contribution in [2.45, 2.75) is 24.7 Å². The van der Waals surface area contributed by atoms with Gasteiger partial charge < -0.3 is 0 Å². The van der Waals surface area contributed by atoms with Gasteiger partial charge in [-0.3, -0.25) is 0 Å². The second-order valence-corrected chi connectivity index (χ2v) is 7.91. The minimum atomic E-state index is -3.46. The molecule has 0 unspecified atom stereocenters. The molecular weight excluding hydrogens is 338 g/mol. The standard InChI is InChI=1S/C12H15BrClNO2S/c1-9-3-2-6-15(8-9)18(16,17)12-5-4-10(13)7-11(12)14/h4-5,7,9H,2-3,6,8H2,1H3/t9-/m1/s1. The van der Waals surface area contributed by atoms with Gasteiger partial charge in [0.1, 0.15) is 4.90 Å². The molecule has 3 nitrogen and oxygen atoms in total. The molecule has 2 rings (SSSR count). The number of nitrogens with zero attached hydrogens (tertiary/aromatic N) is 1. The van der Waals surface area contributed by atoms with Crippen LogP contribution in [-0.2, 0) is 10.0 Å². The molecule has 18 heavy (non-hydrogen) atoms. The van der Waals surface area contributed by atoms with Crippen LogP contribution in [0.5, 0.6) is 0 Å². The van der Waals surface area contributed by atoms with Crippen LogP contribution in [0.4, 0.5) is 0 Å². The third-order valence-corrected chi connectivity index (χ3v) is 5.97. The molecule has 0 bridgehead atoms. The number of benzene rings is 1. The molecule has 0 spiro atoms. The topological polar surface area (TPSA) is 37.4 Å². The minimum absolute atomic E-state index is 0.196. The van der Waals surface area contributed by atoms with Crippen molar-refractivity contribution in [1.29, 1.82) is 0 Å². The van der Waals surface area contributed by atoms with Crippen molar-refractivity contribution < 1.29 is 8.42 Å². The molecule has 0 saturated carbocycles. The summed E-state index contributed by atoms with van der Waals surface area (Å²) in [7, 11) is -3.46. The summed E-state index contributed by atoms with van der Waals surface area (Å²) in [6.45, 7) is 3.23. The fourth-order valence-electron chi connectivity index (χ4n) is 2.19. The summed E-state index contributed by atoms with van der Waals surface area (Å²) in [5, 5.41) is 0.266. The van der Waals surface area contributed by atoms with Gasteiger partial charge in [-0.05, 0) is 37.0 Å². The Morgan fingerprint density at radius 3 is 2.78 bits per heavy atom. The maximum atomic E-state index is 12.5. The molecule has 0 N–H and O–H groups in total. The first kappa shape index (κ1) is 14.3. The van der Waals surface area contributed by atoms with Crippen LogP contribution < -0.4 is 0 Å². The molecule has 0 amide bonds. The van der Waals surface area contributed by atoms with Crippen LogP contribution in [0.25, 0.3) is 0 Å². The van der Waals surface area contributed by atoms with Crippen molar-refractivity contribution in [3.63, 3.8) is 0 Å². The van der Waals surface area contributed by atoms with Crippen molar-refractivity contribution >= 4 is 37.6 Å². The maximum Gasteiger partial charge on any atom is 0.244 e. The quantitative estimate of drug-likeness (QED) is 0.816. The number of sulfonamides is 1. The lowest BCUT2D eigenvalue weighted by Crippen LogP contribution is -2.39. The average molecular weight is 353 g/mol. The highest BCUT2D eigenvalue weighted by Crippen LogP contribution is 2.30. The Hall–Kier alpha value is -0.100. The highest BCUT2D eigenvalue weighted by Gasteiger charge is 2.30. The van der Waals surface area contributed by atoms with Gasteiger partial charge in [0, 0.05) is 17.6 Å². The molecule has 1 saturated heterocycles. The third-order valence-electron chi connectivity index (χ3n) is 3.13. The lowest BCUT2D eigenvalue weighted by molar-refractivity contribution is 0.281. The van der Waals surface area contributed by atoms with Crippen LogP contribution in [0.15, 0.2) is 27.6 Å². The Labute approximate surface area is 121 Å². The summed E-state index contributed by atoms with van der Waals surface area (Å²) in [5.41, 5.74) is 0. The zero-order valence-corrected chi connectivity index (χ0v) is 13.2. The van der Waals surface area contributed by atoms with Gasteiger partial charge in [-0.25, -0.2) is 8.42 Å². The van der Waals surface area contributed by atoms with Gasteiger partial charge in [-0.1, -0.05) is 34.5 Å². The Morgan fingerprint density at radius 1 is 1.44 bits per heavy atom. The fourth-order valence-corrected chi connectivity index (χ4v) is 4.80. The van der Waals surface area contributed by atoms with Gasteiger partial charge in [-0.2, -0.15) is 4.31 Å². The van der Waals surface area contributed by atoms with Gasteiger partial charge in [-0.15, -0.1) is 0 Å². The van der Waals surface area contributed by atoms with Crippen molar-refractivity contribution in [1.82, 2.24) is 4.31 Å². The molecular formula is C12H15BrClNO2S. The molecule has 1 heterocycles. The molecule has 1 atom stereocenters. The van der Waals surface area contributed by atoms with E-state index >= 15 is 0 Å². The Kier molecular flexibility index (Phi) is 4.36. The number of rotatable bonds is 2. The minimum Gasteiger partial charge on any atom is -0.207 e. The second-order valence-electron chi connectivity index (χ2n) is 4.69. The zero-order chi connectivity index (χ0) is 13.3. The van der Waals surface area contributed by atoms with Crippen molar-refractivity contribution in [3.05, 3.63) is 27.7 Å². The van der Waals surface area contributed by atoms with E-state index in [0.717, 1.165) is 17.3 Å². The van der Waals surface area contributed by atoms with Crippen LogP contribution in [0.2, 0.25) is 5.02 Å². The molecule has 1 fully saturated rings. The van der Waals surface area contributed by atoms with Crippen molar-refractivity contribution in [2.75, 3.05) is 13.1 Å². The summed E-state index contributed by atoms with van der Waals surface area (Å²) in [6.07, 6.45) is 1.99. The molecule has 0 aromatic heterocycles. The van der Waals surface area contributed by atoms with Gasteiger partial charge >= 0.3 is 0 Å². The summed E-state index contributed by atoms with van der Waals surface area (Å²) in [6, 6.07) is 4.87. The molecule has 1 aromatic carbocycles. The molecule has 6 heteroatoms. The maximum absolute atomic E-state index is 12.5. The van der Waals surface area contributed by atoms with E-state index < -0.39 is 10.0 Å². The van der Waals surface area contributed by atoms with Crippen LogP contribution >= 0.6 is 27.5 Å². The SMILES string of the molecule is C[C@@H]1CCCN(S(=O)(=O)c2ccc(Br)cc2Cl)C1. The number of hydrogen-bond donors (Lipinski definition) is 0. The number of piperidine rings is 1. The normalized spacial score (nSPS) is 22.1. The molecule has 1 aliphatic heterocycles. The lowest BCUT2D eigenvalue weighted by atomic mass is 10.0. The van der Waals surface area contributed by atoms with Gasteiger partial charge in [0.05, 0.1) is 5.02 Å². The van der Waals surface area contributed by atoms with E-state index in [1.54, 1.807) is 18.2 Å². The highest BCUT2D eigenvalue weighted by molar-refractivity contribution is 9.10. The first-order chi connectivity index (χ1) is 8.41. The van der Waals surface area contributed by atoms with Crippen LogP contribution in [0, 0.1) is 5.92 Å². The largest absolute Gasteiger partial charge is 0.244 e. The van der Waals surface area contributed by atoms with Crippen LogP contribution in [0.1, 0.15) is 19.8 Å². The Bertz CT molecular complexity index is 547. The number of hydrogen-bond acceptors (Lipinski definition) is 2. The van der Waals surface area contributed by atoms with E-state index in [2.05, 4.69) is 22.9 Å². The lowest BCUT2D eigenvalue weighted by Gasteiger charge is -2.30. The molecule has 0 radical (unpaired) electrons. The first-order valence-corrected chi connectivity index (χ1v) is 8.47. The Morgan fingerprint density at radius 2 is 2.17 bits per heavy atom. The number of halogens is 2. The smallest absolute Gasteiger partial charge is 0.207 e. The monoisotopic (exact) mass is 351 g/mol. The Balaban J connectivity index is 2.35. The second kappa shape index (κ2) is 5.49. The van der Waals surface area contributed by atoms with Gasteiger partial charge in [0.15, 0.2) is 0 Å². The highest BCUT2D eigenvalue weighted by atomic mass is 79.9. The third kappa shape index (κ3) is 2.90. The summed E-state index contributed by atoms with van der Waals surface area (Å²) in [4.78, 5) is 0.196. The van der Waals surface area contributed by atoms with Gasteiger partial charge in [0.25, 0.3) is 0 Å².